The number of hydrogen-bond donors (Lipinski definition) is 5. The monoisotopic (exact) mass is 600 g/mol. The maximum atomic E-state index is 7.75. The van der Waals surface area contributed by atoms with Crippen molar-refractivity contribution in [2.75, 3.05) is 52.4 Å². The van der Waals surface area contributed by atoms with Gasteiger partial charge in [0, 0.05) is 39.3 Å². The van der Waals surface area contributed by atoms with Gasteiger partial charge in [0.15, 0.2) is 0 Å². The van der Waals surface area contributed by atoms with Gasteiger partial charge in [-0.05, 0) is 42.9 Å². The van der Waals surface area contributed by atoms with Gasteiger partial charge in [0.1, 0.15) is 15.9 Å². The molecule has 201 valence electrons. The van der Waals surface area contributed by atoms with Crippen LogP contribution in [0.5, 0.6) is 0 Å². The minimum Gasteiger partial charge on any atom is -0.0620 e. The first-order valence-electron chi connectivity index (χ1n) is 11.7. The molecule has 36 heavy (non-hydrogen) atoms. The van der Waals surface area contributed by atoms with E-state index in [1.54, 1.807) is 0 Å². The van der Waals surface area contributed by atoms with Crippen LogP contribution in [0.15, 0.2) is 91.0 Å². The van der Waals surface area contributed by atoms with Crippen molar-refractivity contribution in [3.8, 4) is 0 Å². The van der Waals surface area contributed by atoms with Crippen molar-refractivity contribution in [2.24, 2.45) is 17.2 Å². The SMILES string of the molecule is NCCNCCN.[CH-]=O.[NH-]CCNCCN.[RuH].c1ccc([PH+](c2ccccc2)c2ccccc2)cc1. The zero-order valence-corrected chi connectivity index (χ0v) is 23.8. The molecule has 7 nitrogen and oxygen atoms in total. The Bertz CT molecular complexity index is 706. The van der Waals surface area contributed by atoms with Crippen molar-refractivity contribution in [3.05, 3.63) is 96.7 Å². The number of rotatable bonds is 11. The van der Waals surface area contributed by atoms with Crippen LogP contribution in [-0.4, -0.2) is 59.1 Å². The molecule has 0 fully saturated rings. The Morgan fingerprint density at radius 3 is 1.11 bits per heavy atom. The molecule has 0 atom stereocenters. The third-order valence-electron chi connectivity index (χ3n) is 4.45. The third-order valence-corrected chi connectivity index (χ3v) is 7.18. The second-order valence-electron chi connectivity index (χ2n) is 7.09. The number of carbonyl (C=O) groups excluding carboxylic acids is 1. The van der Waals surface area contributed by atoms with Gasteiger partial charge in [0.05, 0.1) is 7.92 Å². The van der Waals surface area contributed by atoms with E-state index in [1.807, 2.05) is 0 Å². The summed E-state index contributed by atoms with van der Waals surface area (Å²) in [6.07, 6.45) is 0. The molecule has 0 unspecified atom stereocenters. The average Bonchev–Trinajstić information content (AvgIpc) is 2.93. The summed E-state index contributed by atoms with van der Waals surface area (Å²) in [6.45, 7) is 9.09. The summed E-state index contributed by atoms with van der Waals surface area (Å²) in [5.74, 6) is 0. The van der Waals surface area contributed by atoms with Gasteiger partial charge < -0.3 is 38.4 Å². The minimum atomic E-state index is -0.877. The van der Waals surface area contributed by atoms with Crippen LogP contribution in [0.3, 0.4) is 0 Å². The van der Waals surface area contributed by atoms with Crippen molar-refractivity contribution in [3.63, 3.8) is 0 Å². The summed E-state index contributed by atoms with van der Waals surface area (Å²) in [6, 6.07) is 32.5. The summed E-state index contributed by atoms with van der Waals surface area (Å²) >= 11 is 0. The van der Waals surface area contributed by atoms with E-state index in [9.17, 15) is 0 Å². The quantitative estimate of drug-likeness (QED) is 0.0723. The topological polar surface area (TPSA) is 143 Å². The van der Waals surface area contributed by atoms with E-state index >= 15 is 0 Å². The zero-order valence-electron chi connectivity index (χ0n) is 20.9. The van der Waals surface area contributed by atoms with Gasteiger partial charge in [-0.15, -0.1) is 6.54 Å². The van der Waals surface area contributed by atoms with E-state index in [0.717, 1.165) is 26.2 Å². The van der Waals surface area contributed by atoms with Crippen LogP contribution in [0.4, 0.5) is 0 Å². The molecular formula is C27H43N6OPRu-. The molecule has 0 heterocycles. The van der Waals surface area contributed by atoms with Crippen LogP contribution in [0.25, 0.3) is 5.73 Å². The zero-order chi connectivity index (χ0) is 26.0. The van der Waals surface area contributed by atoms with Gasteiger partial charge in [-0.3, -0.25) is 6.79 Å². The first kappa shape index (κ1) is 36.3. The van der Waals surface area contributed by atoms with Crippen LogP contribution >= 0.6 is 7.92 Å². The van der Waals surface area contributed by atoms with Crippen LogP contribution < -0.4 is 43.7 Å². The molecule has 0 saturated heterocycles. The van der Waals surface area contributed by atoms with Crippen LogP contribution in [0.2, 0.25) is 0 Å². The maximum absolute atomic E-state index is 7.75. The van der Waals surface area contributed by atoms with Gasteiger partial charge in [0.2, 0.25) is 0 Å². The van der Waals surface area contributed by atoms with Gasteiger partial charge in [-0.2, -0.15) is 0 Å². The summed E-state index contributed by atoms with van der Waals surface area (Å²) in [5.41, 5.74) is 22.2. The molecule has 0 spiro atoms. The first-order chi connectivity index (χ1) is 17.3. The van der Waals surface area contributed by atoms with Crippen LogP contribution in [0, 0.1) is 0 Å². The molecule has 3 aromatic carbocycles. The summed E-state index contributed by atoms with van der Waals surface area (Å²) < 4.78 is 0. The molecular weight excluding hydrogens is 556 g/mol. The van der Waals surface area contributed by atoms with Gasteiger partial charge in [0.25, 0.3) is 0 Å². The Labute approximate surface area is 231 Å². The molecule has 0 bridgehead atoms. The fourth-order valence-electron chi connectivity index (χ4n) is 2.96. The predicted molar refractivity (Wildman–Crippen MR) is 157 cm³/mol. The van der Waals surface area contributed by atoms with Crippen molar-refractivity contribution >= 4 is 30.6 Å². The molecule has 0 aliphatic carbocycles. The molecule has 0 amide bonds. The molecule has 3 aromatic rings. The van der Waals surface area contributed by atoms with Crippen molar-refractivity contribution < 1.29 is 24.3 Å². The summed E-state index contributed by atoms with van der Waals surface area (Å²) in [5, 5.41) is 10.3. The number of benzene rings is 3. The molecule has 0 aromatic heterocycles. The molecule has 3 rings (SSSR count). The fraction of sp³-hybridized carbons (Fsp3) is 0.296. The van der Waals surface area contributed by atoms with Crippen LogP contribution in [0.1, 0.15) is 0 Å². The molecule has 0 saturated carbocycles. The normalized spacial score (nSPS) is 9.36. The first-order valence-corrected chi connectivity index (χ1v) is 13.2. The van der Waals surface area contributed by atoms with Gasteiger partial charge >= 0.3 is 19.5 Å². The smallest absolute Gasteiger partial charge is 0.0620 e. The van der Waals surface area contributed by atoms with Crippen LogP contribution in [-0.2, 0) is 24.3 Å². The second kappa shape index (κ2) is 27.7. The summed E-state index contributed by atoms with van der Waals surface area (Å²) in [7, 11) is -0.877. The predicted octanol–water partition coefficient (Wildman–Crippen LogP) is 0.713. The van der Waals surface area contributed by atoms with E-state index < -0.39 is 7.92 Å². The Kier molecular flexibility index (Phi) is 28.0. The van der Waals surface area contributed by atoms with E-state index in [1.165, 1.54) is 15.9 Å². The van der Waals surface area contributed by atoms with Crippen molar-refractivity contribution in [2.45, 2.75) is 0 Å². The standard InChI is InChI=1S/C18H15P.C4H13N3.C4H12N3.CHO.Ru.H/c1-4-10-16(11-5-1)19(17-12-6-2-7-13-17)18-14-8-3-9-15-18;2*5-1-3-7-4-2-6;1-2;;/h1-15H;7H,1-6H2;5,7H,1-4,6H2;1H;;/q;;2*-1;;/p+1. The van der Waals surface area contributed by atoms with Gasteiger partial charge in [-0.25, -0.2) is 0 Å². The Morgan fingerprint density at radius 2 is 0.861 bits per heavy atom. The van der Waals surface area contributed by atoms with E-state index in [0.29, 0.717) is 26.2 Å². The number of nitrogens with one attached hydrogen (secondary N) is 3. The maximum Gasteiger partial charge on any atom is 0.102 e. The molecule has 0 aliphatic rings. The third kappa shape index (κ3) is 17.6. The molecule has 0 aliphatic heterocycles. The fourth-order valence-corrected chi connectivity index (χ4v) is 5.54. The van der Waals surface area contributed by atoms with Gasteiger partial charge in [-0.1, -0.05) is 54.6 Å². The molecule has 0 radical (unpaired) electrons. The van der Waals surface area contributed by atoms with E-state index in [2.05, 4.69) is 108 Å². The number of nitrogens with two attached hydrogens (primary N) is 3. The Hall–Kier alpha value is -1.86. The Morgan fingerprint density at radius 1 is 0.583 bits per heavy atom. The minimum absolute atomic E-state index is 0. The summed E-state index contributed by atoms with van der Waals surface area (Å²) in [4.78, 5) is 7.75. The average molecular weight is 600 g/mol. The number of hydrogen-bond acceptors (Lipinski definition) is 6. The Balaban J connectivity index is 0. The second-order valence-corrected chi connectivity index (χ2v) is 9.57. The van der Waals surface area contributed by atoms with Crippen molar-refractivity contribution in [1.82, 2.24) is 10.6 Å². The molecule has 9 heteroatoms. The van der Waals surface area contributed by atoms with Crippen molar-refractivity contribution in [1.29, 1.82) is 0 Å². The molecule has 9 N–H and O–H groups in total. The van der Waals surface area contributed by atoms with E-state index in [4.69, 9.17) is 27.7 Å². The largest absolute Gasteiger partial charge is 0.102 e. The van der Waals surface area contributed by atoms with E-state index in [-0.39, 0.29) is 19.5 Å².